The summed E-state index contributed by atoms with van der Waals surface area (Å²) in [5, 5.41) is 0. The normalized spacial score (nSPS) is 12.2. The van der Waals surface area contributed by atoms with Gasteiger partial charge in [0.2, 0.25) is 5.88 Å². The molecule has 25 heavy (non-hydrogen) atoms. The van der Waals surface area contributed by atoms with Crippen LogP contribution in [0.2, 0.25) is 0 Å². The molecule has 0 radical (unpaired) electrons. The molecule has 0 bridgehead atoms. The highest BCUT2D eigenvalue weighted by Gasteiger charge is 2.31. The van der Waals surface area contributed by atoms with Crippen molar-refractivity contribution < 1.29 is 22.6 Å². The molecule has 6 heteroatoms. The molecular weight excluding hydrogens is 331 g/mol. The maximum Gasteiger partial charge on any atom is 0.573 e. The lowest BCUT2D eigenvalue weighted by Gasteiger charge is -2.13. The Kier molecular flexibility index (Phi) is 5.72. The summed E-state index contributed by atoms with van der Waals surface area (Å²) < 4.78 is 46.4. The zero-order chi connectivity index (χ0) is 18.6. The van der Waals surface area contributed by atoms with E-state index < -0.39 is 6.36 Å². The Bertz CT molecular complexity index is 765. The molecule has 0 spiro atoms. The quantitative estimate of drug-likeness (QED) is 0.623. The molecule has 2 rings (SSSR count). The summed E-state index contributed by atoms with van der Waals surface area (Å²) in [7, 11) is 0. The fraction of sp³-hybridized carbons (Fsp3) is 0.316. The first kappa shape index (κ1) is 18.8. The van der Waals surface area contributed by atoms with E-state index in [1.54, 1.807) is 18.4 Å². The van der Waals surface area contributed by atoms with Crippen LogP contribution in [0, 0.1) is 13.8 Å². The molecule has 0 fully saturated rings. The van der Waals surface area contributed by atoms with Gasteiger partial charge in [-0.25, -0.2) is 4.98 Å². The minimum absolute atomic E-state index is 0.252. The van der Waals surface area contributed by atoms with Gasteiger partial charge in [-0.15, -0.1) is 13.2 Å². The van der Waals surface area contributed by atoms with Crippen molar-refractivity contribution in [3.63, 3.8) is 0 Å². The highest BCUT2D eigenvalue weighted by Crippen LogP contribution is 2.32. The molecule has 0 atom stereocenters. The van der Waals surface area contributed by atoms with Gasteiger partial charge >= 0.3 is 6.36 Å². The third kappa shape index (κ3) is 5.24. The Morgan fingerprint density at radius 2 is 1.80 bits per heavy atom. The van der Waals surface area contributed by atoms with Crippen molar-refractivity contribution >= 4 is 0 Å². The molecule has 0 aliphatic heterocycles. The summed E-state index contributed by atoms with van der Waals surface area (Å²) in [4.78, 5) is 4.39. The maximum absolute atomic E-state index is 12.3. The van der Waals surface area contributed by atoms with E-state index in [-0.39, 0.29) is 5.75 Å². The second-order valence-electron chi connectivity index (χ2n) is 5.75. The van der Waals surface area contributed by atoms with Crippen LogP contribution in [0.1, 0.15) is 31.5 Å². The summed E-state index contributed by atoms with van der Waals surface area (Å²) >= 11 is 0. The lowest BCUT2D eigenvalue weighted by molar-refractivity contribution is -0.274. The minimum Gasteiger partial charge on any atom is -0.446 e. The van der Waals surface area contributed by atoms with E-state index in [2.05, 4.69) is 9.72 Å². The Morgan fingerprint density at radius 1 is 1.16 bits per heavy atom. The average molecular weight is 351 g/mol. The summed E-state index contributed by atoms with van der Waals surface area (Å²) in [5.41, 5.74) is 4.27. The zero-order valence-electron chi connectivity index (χ0n) is 14.6. The van der Waals surface area contributed by atoms with Gasteiger partial charge in [0.15, 0.2) is 0 Å². The first-order valence-electron chi connectivity index (χ1n) is 7.86. The molecular formula is C19H20F3NO2. The number of aryl methyl sites for hydroxylation is 1. The first-order valence-corrected chi connectivity index (χ1v) is 7.86. The molecule has 1 heterocycles. The Balaban J connectivity index is 2.34. The van der Waals surface area contributed by atoms with E-state index in [0.717, 1.165) is 34.4 Å². The molecule has 1 aromatic carbocycles. The van der Waals surface area contributed by atoms with Gasteiger partial charge in [0.05, 0.1) is 6.26 Å². The Hall–Kier alpha value is -2.50. The molecule has 0 saturated heterocycles. The van der Waals surface area contributed by atoms with Crippen molar-refractivity contribution in [3.8, 4) is 22.8 Å². The number of hydrogen-bond acceptors (Lipinski definition) is 3. The minimum atomic E-state index is -4.70. The predicted octanol–water partition coefficient (Wildman–Crippen LogP) is 5.96. The molecule has 0 saturated carbocycles. The maximum atomic E-state index is 12.3. The molecule has 0 aliphatic carbocycles. The zero-order valence-corrected chi connectivity index (χ0v) is 14.6. The van der Waals surface area contributed by atoms with Gasteiger partial charge in [-0.05, 0) is 62.1 Å². The Morgan fingerprint density at radius 3 is 2.36 bits per heavy atom. The van der Waals surface area contributed by atoms with Crippen LogP contribution in [0.4, 0.5) is 13.2 Å². The van der Waals surface area contributed by atoms with Gasteiger partial charge in [0.1, 0.15) is 5.75 Å². The summed E-state index contributed by atoms with van der Waals surface area (Å²) in [6, 6.07) is 7.62. The van der Waals surface area contributed by atoms with Crippen LogP contribution in [-0.2, 0) is 0 Å². The number of ether oxygens (including phenoxy) is 2. The predicted molar refractivity (Wildman–Crippen MR) is 90.5 cm³/mol. The number of halogens is 3. The molecule has 134 valence electrons. The lowest BCUT2D eigenvalue weighted by atomic mass is 10.0. The van der Waals surface area contributed by atoms with Crippen LogP contribution >= 0.6 is 0 Å². The van der Waals surface area contributed by atoms with Gasteiger partial charge < -0.3 is 9.47 Å². The van der Waals surface area contributed by atoms with Crippen molar-refractivity contribution in [2.75, 3.05) is 0 Å². The number of pyridine rings is 1. The monoisotopic (exact) mass is 351 g/mol. The van der Waals surface area contributed by atoms with Crippen LogP contribution < -0.4 is 9.47 Å². The number of hydrogen-bond donors (Lipinski definition) is 0. The number of aromatic nitrogens is 1. The molecule has 0 unspecified atom stereocenters. The fourth-order valence-corrected chi connectivity index (χ4v) is 2.20. The number of benzene rings is 1. The molecule has 0 aliphatic rings. The van der Waals surface area contributed by atoms with Crippen LogP contribution in [-0.4, -0.2) is 11.3 Å². The van der Waals surface area contributed by atoms with E-state index >= 15 is 0 Å². The van der Waals surface area contributed by atoms with Crippen LogP contribution in [0.25, 0.3) is 11.1 Å². The van der Waals surface area contributed by atoms with Crippen molar-refractivity contribution in [2.24, 2.45) is 0 Å². The van der Waals surface area contributed by atoms with E-state index in [0.29, 0.717) is 5.88 Å². The number of alkyl halides is 3. The first-order chi connectivity index (χ1) is 11.7. The Labute approximate surface area is 145 Å². The largest absolute Gasteiger partial charge is 0.573 e. The second-order valence-corrected chi connectivity index (χ2v) is 5.75. The van der Waals surface area contributed by atoms with E-state index in [4.69, 9.17) is 4.74 Å². The van der Waals surface area contributed by atoms with Crippen molar-refractivity contribution in [1.29, 1.82) is 0 Å². The summed E-state index contributed by atoms with van der Waals surface area (Å²) in [5.74, 6) is 0.232. The highest BCUT2D eigenvalue weighted by molar-refractivity contribution is 5.69. The fourth-order valence-electron chi connectivity index (χ4n) is 2.20. The van der Waals surface area contributed by atoms with Gasteiger partial charge in [0.25, 0.3) is 0 Å². The van der Waals surface area contributed by atoms with Gasteiger partial charge in [-0.1, -0.05) is 19.1 Å². The van der Waals surface area contributed by atoms with Crippen molar-refractivity contribution in [2.45, 2.75) is 40.5 Å². The molecule has 3 nitrogen and oxygen atoms in total. The summed E-state index contributed by atoms with van der Waals surface area (Å²) in [6.45, 7) is 7.70. The van der Waals surface area contributed by atoms with Crippen molar-refractivity contribution in [1.82, 2.24) is 4.98 Å². The molecule has 2 aromatic rings. The lowest BCUT2D eigenvalue weighted by Crippen LogP contribution is -2.16. The van der Waals surface area contributed by atoms with Gasteiger partial charge in [0, 0.05) is 11.3 Å². The topological polar surface area (TPSA) is 31.4 Å². The third-order valence-corrected chi connectivity index (χ3v) is 3.68. The highest BCUT2D eigenvalue weighted by atomic mass is 19.4. The smallest absolute Gasteiger partial charge is 0.446 e. The van der Waals surface area contributed by atoms with Crippen LogP contribution in [0.3, 0.4) is 0 Å². The standard InChI is InChI=1S/C19H20F3NO2/c1-5-12(2)11-24-18-14(4)17(10-13(3)23-18)15-6-8-16(9-7-15)25-19(20,21)22/h6-11H,5H2,1-4H3/b12-11+. The van der Waals surface area contributed by atoms with Crippen molar-refractivity contribution in [3.05, 3.63) is 53.4 Å². The van der Waals surface area contributed by atoms with E-state index in [9.17, 15) is 13.2 Å². The van der Waals surface area contributed by atoms with Gasteiger partial charge in [-0.2, -0.15) is 0 Å². The van der Waals surface area contributed by atoms with Gasteiger partial charge in [-0.3, -0.25) is 0 Å². The SMILES string of the molecule is CC/C(C)=C/Oc1nc(C)cc(-c2ccc(OC(F)(F)F)cc2)c1C. The second kappa shape index (κ2) is 7.59. The van der Waals surface area contributed by atoms with Crippen LogP contribution in [0.5, 0.6) is 11.6 Å². The van der Waals surface area contributed by atoms with E-state index in [1.807, 2.05) is 33.8 Å². The average Bonchev–Trinajstić information content (AvgIpc) is 2.54. The van der Waals surface area contributed by atoms with Crippen LogP contribution in [0.15, 0.2) is 42.2 Å². The van der Waals surface area contributed by atoms with E-state index in [1.165, 1.54) is 12.1 Å². The number of rotatable bonds is 5. The molecule has 1 aromatic heterocycles. The molecule has 0 amide bonds. The third-order valence-electron chi connectivity index (χ3n) is 3.68. The number of allylic oxidation sites excluding steroid dienone is 1. The number of nitrogens with zero attached hydrogens (tertiary/aromatic N) is 1. The molecule has 0 N–H and O–H groups in total. The summed E-state index contributed by atoms with van der Waals surface area (Å²) in [6.07, 6.45) is -2.16.